The Kier molecular flexibility index (Phi) is 7.28. The van der Waals surface area contributed by atoms with Crippen molar-refractivity contribution < 1.29 is 8.83 Å². The van der Waals surface area contributed by atoms with Crippen LogP contribution < -0.4 is 4.90 Å². The summed E-state index contributed by atoms with van der Waals surface area (Å²) < 4.78 is 13.8. The number of hydrogen-bond donors (Lipinski definition) is 0. The van der Waals surface area contributed by atoms with E-state index in [9.17, 15) is 0 Å². The van der Waals surface area contributed by atoms with E-state index < -0.39 is 0 Å². The summed E-state index contributed by atoms with van der Waals surface area (Å²) in [7, 11) is 0. The third-order valence-corrected chi connectivity index (χ3v) is 15.6. The summed E-state index contributed by atoms with van der Waals surface area (Å²) in [5.74, 6) is 0.866. The highest BCUT2D eigenvalue weighted by molar-refractivity contribution is 6.21. The quantitative estimate of drug-likeness (QED) is 0.177. The van der Waals surface area contributed by atoms with Gasteiger partial charge in [0.05, 0.1) is 0 Å². The number of aromatic nitrogens is 1. The summed E-state index contributed by atoms with van der Waals surface area (Å²) in [6.07, 6.45) is 1.90. The van der Waals surface area contributed by atoms with Crippen molar-refractivity contribution in [2.24, 2.45) is 0 Å². The van der Waals surface area contributed by atoms with E-state index in [4.69, 9.17) is 13.8 Å². The normalized spacial score (nSPS) is 15.5. The van der Waals surface area contributed by atoms with Crippen LogP contribution in [0.5, 0.6) is 0 Å². The first-order valence-electron chi connectivity index (χ1n) is 23.2. The standard InChI is InChI=1S/C62H46N2O2/c1-60(2)45-32-36(27-29-39(45)51-47(60)34-43(35-18-8-7-9-19-35)58-53(51)41-21-11-14-24-48(41)65-58)64(50-26-16-17-31-63-50)37-28-30-40-46(33-37)62(5,6)57-55(40)59-54(42-22-12-15-25-49(42)66-59)52-38-20-10-13-23-44(38)61(3,4)56(52)57/h7-34H,1-6H3. The highest BCUT2D eigenvalue weighted by Crippen LogP contribution is 2.64. The molecular weight excluding hydrogens is 805 g/mol. The van der Waals surface area contributed by atoms with Crippen LogP contribution in [-0.2, 0) is 16.2 Å². The molecule has 3 aliphatic rings. The highest BCUT2D eigenvalue weighted by Gasteiger charge is 2.49. The SMILES string of the molecule is CC1(C)c2cc(N(c3ccc4c(c3)C(C)(C)c3c5c(c6c(oc7ccccc76)c3-4)-c3ccccc3C5(C)C)c3ccccn3)ccc2-c2c1cc(-c1ccccc1)c1oc3ccccc3c21. The van der Waals surface area contributed by atoms with Crippen molar-refractivity contribution in [2.45, 2.75) is 57.8 Å². The lowest BCUT2D eigenvalue weighted by Gasteiger charge is -2.31. The maximum Gasteiger partial charge on any atom is 0.144 e. The molecule has 3 aromatic heterocycles. The van der Waals surface area contributed by atoms with Crippen molar-refractivity contribution in [1.82, 2.24) is 4.98 Å². The Balaban J connectivity index is 0.980. The van der Waals surface area contributed by atoms with Gasteiger partial charge in [-0.3, -0.25) is 4.90 Å². The number of fused-ring (bicyclic) bond motifs is 19. The van der Waals surface area contributed by atoms with E-state index >= 15 is 0 Å². The maximum atomic E-state index is 7.01. The van der Waals surface area contributed by atoms with Crippen molar-refractivity contribution >= 4 is 61.1 Å². The number of para-hydroxylation sites is 2. The first kappa shape index (κ1) is 37.7. The summed E-state index contributed by atoms with van der Waals surface area (Å²) in [5.41, 5.74) is 22.9. The molecule has 0 bridgehead atoms. The van der Waals surface area contributed by atoms with Gasteiger partial charge in [-0.1, -0.05) is 151 Å². The van der Waals surface area contributed by atoms with Gasteiger partial charge in [0.2, 0.25) is 0 Å². The Morgan fingerprint density at radius 1 is 0.409 bits per heavy atom. The molecular formula is C62H46N2O2. The largest absolute Gasteiger partial charge is 0.455 e. The smallest absolute Gasteiger partial charge is 0.144 e. The summed E-state index contributed by atoms with van der Waals surface area (Å²) in [6, 6.07) is 59.5. The average molecular weight is 851 g/mol. The van der Waals surface area contributed by atoms with E-state index in [1.165, 1.54) is 82.9 Å². The zero-order chi connectivity index (χ0) is 44.4. The fraction of sp³-hybridized carbons (Fsp3) is 0.145. The van der Waals surface area contributed by atoms with Gasteiger partial charge in [0, 0.05) is 66.5 Å². The van der Waals surface area contributed by atoms with E-state index in [2.05, 4.69) is 204 Å². The van der Waals surface area contributed by atoms with Gasteiger partial charge in [-0.15, -0.1) is 0 Å². The molecule has 0 aliphatic heterocycles. The highest BCUT2D eigenvalue weighted by atomic mass is 16.3. The van der Waals surface area contributed by atoms with Gasteiger partial charge >= 0.3 is 0 Å². The predicted molar refractivity (Wildman–Crippen MR) is 272 cm³/mol. The van der Waals surface area contributed by atoms with Crippen LogP contribution in [0.2, 0.25) is 0 Å². The number of anilines is 3. The Morgan fingerprint density at radius 3 is 1.65 bits per heavy atom. The lowest BCUT2D eigenvalue weighted by molar-refractivity contribution is 0.600. The van der Waals surface area contributed by atoms with E-state index in [1.54, 1.807) is 0 Å². The zero-order valence-corrected chi connectivity index (χ0v) is 37.9. The monoisotopic (exact) mass is 850 g/mol. The first-order valence-corrected chi connectivity index (χ1v) is 23.2. The number of furan rings is 2. The summed E-state index contributed by atoms with van der Waals surface area (Å²) in [6.45, 7) is 14.4. The molecule has 0 spiro atoms. The van der Waals surface area contributed by atoms with Crippen LogP contribution in [0.3, 0.4) is 0 Å². The molecule has 316 valence electrons. The van der Waals surface area contributed by atoms with Crippen molar-refractivity contribution in [3.8, 4) is 44.5 Å². The molecule has 66 heavy (non-hydrogen) atoms. The summed E-state index contributed by atoms with van der Waals surface area (Å²) in [5, 5.41) is 4.71. The molecule has 14 rings (SSSR count). The average Bonchev–Trinajstić information content (AvgIpc) is 4.09. The lowest BCUT2D eigenvalue weighted by Crippen LogP contribution is -2.24. The molecule has 0 atom stereocenters. The van der Waals surface area contributed by atoms with E-state index in [0.29, 0.717) is 0 Å². The number of rotatable bonds is 4. The molecule has 4 nitrogen and oxygen atoms in total. The molecule has 0 unspecified atom stereocenters. The molecule has 3 heterocycles. The van der Waals surface area contributed by atoms with Crippen LogP contribution in [0.15, 0.2) is 179 Å². The minimum Gasteiger partial charge on any atom is -0.455 e. The Morgan fingerprint density at radius 2 is 0.955 bits per heavy atom. The topological polar surface area (TPSA) is 42.4 Å². The van der Waals surface area contributed by atoms with Gasteiger partial charge in [0.15, 0.2) is 0 Å². The van der Waals surface area contributed by atoms with Gasteiger partial charge in [0.25, 0.3) is 0 Å². The Hall–Kier alpha value is -7.69. The van der Waals surface area contributed by atoms with Crippen LogP contribution in [0.4, 0.5) is 17.2 Å². The van der Waals surface area contributed by atoms with Crippen LogP contribution in [0, 0.1) is 0 Å². The minimum atomic E-state index is -0.343. The van der Waals surface area contributed by atoms with Crippen LogP contribution >= 0.6 is 0 Å². The number of nitrogens with zero attached hydrogens (tertiary/aromatic N) is 2. The Labute approximate surface area is 383 Å². The zero-order valence-electron chi connectivity index (χ0n) is 37.9. The van der Waals surface area contributed by atoms with E-state index in [0.717, 1.165) is 56.0 Å². The van der Waals surface area contributed by atoms with E-state index in [-0.39, 0.29) is 16.2 Å². The molecule has 0 radical (unpaired) electrons. The van der Waals surface area contributed by atoms with Crippen molar-refractivity contribution in [2.75, 3.05) is 4.90 Å². The fourth-order valence-electron chi connectivity index (χ4n) is 12.6. The molecule has 0 amide bonds. The van der Waals surface area contributed by atoms with E-state index in [1.807, 2.05) is 12.3 Å². The van der Waals surface area contributed by atoms with Crippen LogP contribution in [0.25, 0.3) is 88.4 Å². The lowest BCUT2D eigenvalue weighted by atomic mass is 9.72. The second kappa shape index (κ2) is 12.8. The second-order valence-corrected chi connectivity index (χ2v) is 20.2. The van der Waals surface area contributed by atoms with Gasteiger partial charge < -0.3 is 8.83 Å². The van der Waals surface area contributed by atoms with Crippen molar-refractivity contribution in [1.29, 1.82) is 0 Å². The fourth-order valence-corrected chi connectivity index (χ4v) is 12.6. The molecule has 3 aliphatic carbocycles. The maximum absolute atomic E-state index is 7.01. The van der Waals surface area contributed by atoms with Crippen LogP contribution in [0.1, 0.15) is 74.9 Å². The molecule has 0 saturated heterocycles. The minimum absolute atomic E-state index is 0.213. The number of benzene rings is 8. The third-order valence-electron chi connectivity index (χ3n) is 15.6. The van der Waals surface area contributed by atoms with Crippen molar-refractivity contribution in [3.05, 3.63) is 203 Å². The van der Waals surface area contributed by atoms with Gasteiger partial charge in [-0.25, -0.2) is 4.98 Å². The second-order valence-electron chi connectivity index (χ2n) is 20.2. The summed E-state index contributed by atoms with van der Waals surface area (Å²) in [4.78, 5) is 7.38. The Bertz CT molecular complexity index is 3900. The predicted octanol–water partition coefficient (Wildman–Crippen LogP) is 16.9. The molecule has 11 aromatic rings. The number of pyridine rings is 1. The third kappa shape index (κ3) is 4.71. The van der Waals surface area contributed by atoms with Crippen molar-refractivity contribution in [3.63, 3.8) is 0 Å². The first-order chi connectivity index (χ1) is 32.0. The summed E-state index contributed by atoms with van der Waals surface area (Å²) >= 11 is 0. The molecule has 0 saturated carbocycles. The number of hydrogen-bond acceptors (Lipinski definition) is 4. The van der Waals surface area contributed by atoms with Gasteiger partial charge in [0.1, 0.15) is 28.1 Å². The molecule has 0 N–H and O–H groups in total. The molecule has 8 aromatic carbocycles. The van der Waals surface area contributed by atoms with Crippen LogP contribution in [-0.4, -0.2) is 4.98 Å². The van der Waals surface area contributed by atoms with Gasteiger partial charge in [-0.2, -0.15) is 0 Å². The van der Waals surface area contributed by atoms with Gasteiger partial charge in [-0.05, 0) is 121 Å². The molecule has 4 heteroatoms. The molecule has 0 fully saturated rings.